The number of benzene rings is 1. The third-order valence-electron chi connectivity index (χ3n) is 4.14. The molecule has 0 unspecified atom stereocenters. The van der Waals surface area contributed by atoms with Crippen molar-refractivity contribution in [3.05, 3.63) is 58.8 Å². The summed E-state index contributed by atoms with van der Waals surface area (Å²) in [4.78, 5) is 6.71. The van der Waals surface area contributed by atoms with Crippen LogP contribution < -0.4 is 0 Å². The van der Waals surface area contributed by atoms with E-state index in [1.54, 1.807) is 0 Å². The van der Waals surface area contributed by atoms with E-state index >= 15 is 0 Å². The van der Waals surface area contributed by atoms with E-state index in [1.807, 2.05) is 13.0 Å². The first-order chi connectivity index (χ1) is 11.1. The van der Waals surface area contributed by atoms with E-state index in [2.05, 4.69) is 35.0 Å². The molecule has 0 spiro atoms. The van der Waals surface area contributed by atoms with Crippen LogP contribution in [0.3, 0.4) is 0 Å². The molecule has 3 rings (SSSR count). The number of fused-ring (bicyclic) bond motifs is 1. The van der Waals surface area contributed by atoms with E-state index in [0.29, 0.717) is 11.3 Å². The minimum atomic E-state index is -0.861. The van der Waals surface area contributed by atoms with Gasteiger partial charge in [0.15, 0.2) is 11.6 Å². The molecule has 2 nitrogen and oxygen atoms in total. The first-order valence-corrected chi connectivity index (χ1v) is 8.07. The molecule has 23 heavy (non-hydrogen) atoms. The predicted octanol–water partition coefficient (Wildman–Crippen LogP) is 5.36. The Morgan fingerprint density at radius 3 is 2.57 bits per heavy atom. The summed E-state index contributed by atoms with van der Waals surface area (Å²) < 4.78 is 27.3. The third kappa shape index (κ3) is 2.98. The highest BCUT2D eigenvalue weighted by Crippen LogP contribution is 2.33. The normalized spacial score (nSPS) is 17.2. The lowest BCUT2D eigenvalue weighted by Gasteiger charge is -2.27. The summed E-state index contributed by atoms with van der Waals surface area (Å²) in [6.45, 7) is 4.83. The van der Waals surface area contributed by atoms with E-state index in [4.69, 9.17) is 0 Å². The lowest BCUT2D eigenvalue weighted by atomic mass is 10.0. The second kappa shape index (κ2) is 6.49. The third-order valence-corrected chi connectivity index (χ3v) is 4.14. The van der Waals surface area contributed by atoms with Crippen molar-refractivity contribution in [2.75, 3.05) is 6.54 Å². The Labute approximate surface area is 135 Å². The summed E-state index contributed by atoms with van der Waals surface area (Å²) in [5, 5.41) is 0. The molecule has 120 valence electrons. The Balaban J connectivity index is 2.21. The summed E-state index contributed by atoms with van der Waals surface area (Å²) in [6, 6.07) is 2.41. The van der Waals surface area contributed by atoms with Crippen LogP contribution >= 0.6 is 0 Å². The summed E-state index contributed by atoms with van der Waals surface area (Å²) >= 11 is 0. The van der Waals surface area contributed by atoms with Gasteiger partial charge in [-0.25, -0.2) is 13.8 Å². The van der Waals surface area contributed by atoms with Gasteiger partial charge in [0.05, 0.1) is 5.69 Å². The highest BCUT2D eigenvalue weighted by Gasteiger charge is 2.21. The fraction of sp³-hybridized carbons (Fsp3) is 0.316. The number of nitrogens with zero attached hydrogens (tertiary/aromatic N) is 2. The Morgan fingerprint density at radius 1 is 1.13 bits per heavy atom. The van der Waals surface area contributed by atoms with Crippen molar-refractivity contribution in [2.24, 2.45) is 4.99 Å². The molecule has 1 heterocycles. The van der Waals surface area contributed by atoms with Gasteiger partial charge in [-0.3, -0.25) is 0 Å². The number of likely N-dealkylation sites (N-methyl/N-ethyl adjacent to an activating group) is 1. The quantitative estimate of drug-likeness (QED) is 0.733. The van der Waals surface area contributed by atoms with Gasteiger partial charge in [-0.05, 0) is 37.5 Å². The standard InChI is InChI=1S/C19H20F2N2/c1-3-19-22-17-12-16(21)15(20)10-14(17)11-18(23(19)4-2)13-8-6-5-7-9-13/h6,8-12H,3-5,7H2,1-2H3. The van der Waals surface area contributed by atoms with Crippen LogP contribution in [0.15, 0.2) is 46.6 Å². The molecule has 0 atom stereocenters. The zero-order valence-corrected chi connectivity index (χ0v) is 13.4. The molecule has 1 aliphatic carbocycles. The average molecular weight is 314 g/mol. The molecule has 1 aromatic carbocycles. The van der Waals surface area contributed by atoms with Crippen LogP contribution in [0.4, 0.5) is 14.5 Å². The summed E-state index contributed by atoms with van der Waals surface area (Å²) in [7, 11) is 0. The van der Waals surface area contributed by atoms with Crippen LogP contribution in [-0.2, 0) is 0 Å². The Hall–Kier alpha value is -2.23. The van der Waals surface area contributed by atoms with Gasteiger partial charge in [0, 0.05) is 30.3 Å². The van der Waals surface area contributed by atoms with E-state index in [-0.39, 0.29) is 0 Å². The molecule has 0 radical (unpaired) electrons. The molecule has 0 saturated heterocycles. The smallest absolute Gasteiger partial charge is 0.161 e. The van der Waals surface area contributed by atoms with Crippen LogP contribution in [-0.4, -0.2) is 17.3 Å². The van der Waals surface area contributed by atoms with Crippen molar-refractivity contribution in [2.45, 2.75) is 33.1 Å². The first kappa shape index (κ1) is 15.7. The van der Waals surface area contributed by atoms with Gasteiger partial charge in [0.2, 0.25) is 0 Å². The van der Waals surface area contributed by atoms with E-state index in [0.717, 1.165) is 42.9 Å². The van der Waals surface area contributed by atoms with E-state index in [9.17, 15) is 8.78 Å². The maximum absolute atomic E-state index is 13.7. The second-order valence-electron chi connectivity index (χ2n) is 5.62. The molecule has 0 saturated carbocycles. The van der Waals surface area contributed by atoms with Gasteiger partial charge >= 0.3 is 0 Å². The van der Waals surface area contributed by atoms with Gasteiger partial charge in [-0.2, -0.15) is 0 Å². The molecular formula is C19H20F2N2. The Morgan fingerprint density at radius 2 is 1.91 bits per heavy atom. The van der Waals surface area contributed by atoms with E-state index in [1.165, 1.54) is 12.1 Å². The lowest BCUT2D eigenvalue weighted by molar-refractivity contribution is 0.508. The second-order valence-corrected chi connectivity index (χ2v) is 5.62. The van der Waals surface area contributed by atoms with Gasteiger partial charge in [-0.1, -0.05) is 25.2 Å². The number of halogens is 2. The maximum atomic E-state index is 13.7. The highest BCUT2D eigenvalue weighted by molar-refractivity contribution is 5.91. The Kier molecular flexibility index (Phi) is 4.42. The highest BCUT2D eigenvalue weighted by atomic mass is 19.2. The lowest BCUT2D eigenvalue weighted by Crippen LogP contribution is -2.29. The fourth-order valence-corrected chi connectivity index (χ4v) is 2.99. The molecule has 1 aliphatic heterocycles. The number of rotatable bonds is 3. The molecular weight excluding hydrogens is 294 g/mol. The summed E-state index contributed by atoms with van der Waals surface area (Å²) in [5.41, 5.74) is 3.20. The molecule has 2 aliphatic rings. The number of allylic oxidation sites excluding steroid dienone is 3. The zero-order valence-electron chi connectivity index (χ0n) is 13.4. The summed E-state index contributed by atoms with van der Waals surface area (Å²) in [6.07, 6.45) is 11.1. The van der Waals surface area contributed by atoms with Crippen LogP contribution in [0.2, 0.25) is 0 Å². The van der Waals surface area contributed by atoms with Crippen LogP contribution in [0.25, 0.3) is 6.08 Å². The first-order valence-electron chi connectivity index (χ1n) is 8.07. The van der Waals surface area contributed by atoms with Crippen molar-refractivity contribution < 1.29 is 8.78 Å². The van der Waals surface area contributed by atoms with Gasteiger partial charge in [0.1, 0.15) is 5.84 Å². The topological polar surface area (TPSA) is 15.6 Å². The van der Waals surface area contributed by atoms with E-state index < -0.39 is 11.6 Å². The van der Waals surface area contributed by atoms with Crippen LogP contribution in [0.5, 0.6) is 0 Å². The fourth-order valence-electron chi connectivity index (χ4n) is 2.99. The molecule has 0 aromatic heterocycles. The number of amidine groups is 1. The molecule has 0 bridgehead atoms. The van der Waals surface area contributed by atoms with Crippen molar-refractivity contribution >= 4 is 17.6 Å². The monoisotopic (exact) mass is 314 g/mol. The van der Waals surface area contributed by atoms with Gasteiger partial charge < -0.3 is 4.90 Å². The number of hydrogen-bond donors (Lipinski definition) is 0. The molecule has 1 aromatic rings. The molecule has 4 heteroatoms. The SMILES string of the molecule is CCC1=Nc2cc(F)c(F)cc2C=C(C2=CCCC=C2)N1CC. The van der Waals surface area contributed by atoms with Gasteiger partial charge in [-0.15, -0.1) is 0 Å². The minimum absolute atomic E-state index is 0.481. The molecule has 0 fully saturated rings. The zero-order chi connectivity index (χ0) is 16.4. The maximum Gasteiger partial charge on any atom is 0.161 e. The van der Waals surface area contributed by atoms with Crippen molar-refractivity contribution in [3.8, 4) is 0 Å². The number of aliphatic imine (C=N–C) groups is 1. The molecule has 0 amide bonds. The largest absolute Gasteiger partial charge is 0.330 e. The summed E-state index contributed by atoms with van der Waals surface area (Å²) in [5.74, 6) is -0.839. The predicted molar refractivity (Wildman–Crippen MR) is 90.6 cm³/mol. The number of hydrogen-bond acceptors (Lipinski definition) is 2. The van der Waals surface area contributed by atoms with Gasteiger partial charge in [0.25, 0.3) is 0 Å². The van der Waals surface area contributed by atoms with Crippen molar-refractivity contribution in [1.82, 2.24) is 4.90 Å². The van der Waals surface area contributed by atoms with Crippen molar-refractivity contribution in [3.63, 3.8) is 0 Å². The minimum Gasteiger partial charge on any atom is -0.330 e. The Bertz CT molecular complexity index is 742. The molecule has 0 N–H and O–H groups in total. The van der Waals surface area contributed by atoms with Crippen molar-refractivity contribution in [1.29, 1.82) is 0 Å². The van der Waals surface area contributed by atoms with Crippen LogP contribution in [0, 0.1) is 11.6 Å². The average Bonchev–Trinajstić information content (AvgIpc) is 2.72. The van der Waals surface area contributed by atoms with Crippen LogP contribution in [0.1, 0.15) is 38.7 Å².